The third-order valence-electron chi connectivity index (χ3n) is 3.87. The van der Waals surface area contributed by atoms with Gasteiger partial charge in [-0.3, -0.25) is 14.7 Å². The number of amides is 1. The van der Waals surface area contributed by atoms with Gasteiger partial charge in [0.05, 0.1) is 12.0 Å². The van der Waals surface area contributed by atoms with Gasteiger partial charge in [-0.25, -0.2) is 4.79 Å². The molecule has 8 heteroatoms. The number of benzene rings is 1. The molecule has 1 amide bonds. The Balaban J connectivity index is 2.45. The maximum Gasteiger partial charge on any atom is 0.341 e. The molecule has 0 radical (unpaired) electrons. The van der Waals surface area contributed by atoms with Gasteiger partial charge in [0.1, 0.15) is 0 Å². The van der Waals surface area contributed by atoms with Crippen molar-refractivity contribution in [2.24, 2.45) is 4.99 Å². The molecule has 1 heterocycles. The van der Waals surface area contributed by atoms with Gasteiger partial charge in [-0.15, -0.1) is 6.58 Å². The van der Waals surface area contributed by atoms with Crippen LogP contribution in [0.1, 0.15) is 25.0 Å². The zero-order chi connectivity index (χ0) is 20.7. The molecule has 0 saturated carbocycles. The molecule has 1 N–H and O–H groups in total. The number of carboxylic acid groups (broad SMARTS) is 1. The number of nitrogens with zero attached hydrogens (tertiary/aromatic N) is 2. The summed E-state index contributed by atoms with van der Waals surface area (Å²) < 4.78 is 10.8. The number of likely N-dealkylation sites (N-methyl/N-ethyl adjacent to an activating group) is 1. The van der Waals surface area contributed by atoms with Gasteiger partial charge in [-0.1, -0.05) is 6.08 Å². The third-order valence-corrected chi connectivity index (χ3v) is 4.92. The number of thioether (sulfide) groups is 1. The number of carbonyl (C=O) groups excluding carboxylic acids is 1. The highest BCUT2D eigenvalue weighted by atomic mass is 32.2. The van der Waals surface area contributed by atoms with E-state index in [4.69, 9.17) is 14.6 Å². The second-order valence-electron chi connectivity index (χ2n) is 5.80. The molecule has 0 spiro atoms. The minimum atomic E-state index is -1.08. The predicted molar refractivity (Wildman–Crippen MR) is 111 cm³/mol. The lowest BCUT2D eigenvalue weighted by Crippen LogP contribution is -2.28. The monoisotopic (exact) mass is 404 g/mol. The standard InChI is InChI=1S/C20H24N2O5S/c1-5-8-14-9-13(10-15(26-4)18(14)27-12-17(23)24)11-16-19(25)22(7-3)20(28-16)21-6-2/h5,9-11H,1,6-8,12H2,2-4H3,(H,23,24)/b16-11-,21-20?. The van der Waals surface area contributed by atoms with Gasteiger partial charge in [0.25, 0.3) is 5.91 Å². The Labute approximate surface area is 168 Å². The van der Waals surface area contributed by atoms with Crippen LogP contribution in [0, 0.1) is 0 Å². The molecule has 1 aliphatic heterocycles. The van der Waals surface area contributed by atoms with Gasteiger partial charge in [0.2, 0.25) is 0 Å². The first kappa shape index (κ1) is 21.6. The van der Waals surface area contributed by atoms with Crippen LogP contribution >= 0.6 is 11.8 Å². The summed E-state index contributed by atoms with van der Waals surface area (Å²) in [6.07, 6.45) is 3.94. The molecule has 0 atom stereocenters. The van der Waals surface area contributed by atoms with Crippen molar-refractivity contribution in [1.82, 2.24) is 4.90 Å². The van der Waals surface area contributed by atoms with E-state index in [1.54, 1.807) is 23.1 Å². The number of hydrogen-bond donors (Lipinski definition) is 1. The molecule has 28 heavy (non-hydrogen) atoms. The fraction of sp³-hybridized carbons (Fsp3) is 0.350. The van der Waals surface area contributed by atoms with Gasteiger partial charge in [0, 0.05) is 18.7 Å². The van der Waals surface area contributed by atoms with Crippen LogP contribution in [0.5, 0.6) is 11.5 Å². The first-order valence-corrected chi connectivity index (χ1v) is 9.68. The highest BCUT2D eigenvalue weighted by Gasteiger charge is 2.32. The molecule has 1 aromatic carbocycles. The summed E-state index contributed by atoms with van der Waals surface area (Å²) in [5.41, 5.74) is 1.48. The lowest BCUT2D eigenvalue weighted by Gasteiger charge is -2.15. The summed E-state index contributed by atoms with van der Waals surface area (Å²) in [7, 11) is 1.48. The van der Waals surface area contributed by atoms with Crippen LogP contribution in [0.4, 0.5) is 0 Å². The van der Waals surface area contributed by atoms with Crippen LogP contribution in [0.15, 0.2) is 34.7 Å². The lowest BCUT2D eigenvalue weighted by molar-refractivity contribution is -0.139. The summed E-state index contributed by atoms with van der Waals surface area (Å²) in [5, 5.41) is 9.59. The number of allylic oxidation sites excluding steroid dienone is 1. The molecule has 1 saturated heterocycles. The first-order valence-electron chi connectivity index (χ1n) is 8.87. The van der Waals surface area contributed by atoms with E-state index in [1.165, 1.54) is 18.9 Å². The average Bonchev–Trinajstić information content (AvgIpc) is 2.95. The topological polar surface area (TPSA) is 88.4 Å². The molecule has 7 nitrogen and oxygen atoms in total. The van der Waals surface area contributed by atoms with Gasteiger partial charge in [-0.2, -0.15) is 0 Å². The van der Waals surface area contributed by atoms with Crippen molar-refractivity contribution in [1.29, 1.82) is 0 Å². The average molecular weight is 404 g/mol. The maximum atomic E-state index is 12.7. The van der Waals surface area contributed by atoms with Crippen molar-refractivity contribution in [3.8, 4) is 11.5 Å². The molecule has 1 fully saturated rings. The fourth-order valence-corrected chi connectivity index (χ4v) is 3.82. The van der Waals surface area contributed by atoms with Crippen molar-refractivity contribution in [3.05, 3.63) is 40.8 Å². The molecular weight excluding hydrogens is 380 g/mol. The first-order chi connectivity index (χ1) is 13.4. The fourth-order valence-electron chi connectivity index (χ4n) is 2.71. The van der Waals surface area contributed by atoms with Crippen molar-refractivity contribution < 1.29 is 24.2 Å². The van der Waals surface area contributed by atoms with Crippen LogP contribution in [0.3, 0.4) is 0 Å². The van der Waals surface area contributed by atoms with Gasteiger partial charge in [-0.05, 0) is 55.8 Å². The second kappa shape index (κ2) is 9.98. The summed E-state index contributed by atoms with van der Waals surface area (Å²) >= 11 is 1.34. The summed E-state index contributed by atoms with van der Waals surface area (Å²) in [5.74, 6) is -0.401. The van der Waals surface area contributed by atoms with E-state index in [1.807, 2.05) is 19.9 Å². The number of hydrogen-bond acceptors (Lipinski definition) is 6. The van der Waals surface area contributed by atoms with Crippen LogP contribution in [0.25, 0.3) is 6.08 Å². The highest BCUT2D eigenvalue weighted by Crippen LogP contribution is 2.37. The predicted octanol–water partition coefficient (Wildman–Crippen LogP) is 3.20. The second-order valence-corrected chi connectivity index (χ2v) is 6.81. The Morgan fingerprint density at radius 3 is 2.71 bits per heavy atom. The van der Waals surface area contributed by atoms with Crippen molar-refractivity contribution >= 4 is 34.9 Å². The Kier molecular flexibility index (Phi) is 7.69. The number of aliphatic imine (C=N–C) groups is 1. The Hall–Kier alpha value is -2.74. The molecule has 150 valence electrons. The Bertz CT molecular complexity index is 832. The van der Waals surface area contributed by atoms with Crippen LogP contribution in [0.2, 0.25) is 0 Å². The van der Waals surface area contributed by atoms with Crippen molar-refractivity contribution in [2.45, 2.75) is 20.3 Å². The number of aliphatic carboxylic acids is 1. The lowest BCUT2D eigenvalue weighted by atomic mass is 10.0. The highest BCUT2D eigenvalue weighted by molar-refractivity contribution is 8.18. The number of ether oxygens (including phenoxy) is 2. The molecule has 1 aromatic rings. The number of carboxylic acids is 1. The smallest absolute Gasteiger partial charge is 0.341 e. The van der Waals surface area contributed by atoms with E-state index in [-0.39, 0.29) is 5.91 Å². The zero-order valence-electron chi connectivity index (χ0n) is 16.2. The largest absolute Gasteiger partial charge is 0.493 e. The summed E-state index contributed by atoms with van der Waals surface area (Å²) in [4.78, 5) is 30.1. The molecule has 0 bridgehead atoms. The van der Waals surface area contributed by atoms with Gasteiger partial charge >= 0.3 is 5.97 Å². The maximum absolute atomic E-state index is 12.7. The van der Waals surface area contributed by atoms with Crippen molar-refractivity contribution in [3.63, 3.8) is 0 Å². The minimum Gasteiger partial charge on any atom is -0.493 e. The van der Waals surface area contributed by atoms with Gasteiger partial charge in [0.15, 0.2) is 23.3 Å². The number of rotatable bonds is 9. The normalized spacial score (nSPS) is 16.7. The van der Waals surface area contributed by atoms with E-state index in [0.717, 1.165) is 11.1 Å². The van der Waals surface area contributed by atoms with Crippen molar-refractivity contribution in [2.75, 3.05) is 26.8 Å². The molecule has 2 rings (SSSR count). The number of carbonyl (C=O) groups is 2. The van der Waals surface area contributed by atoms with Crippen LogP contribution < -0.4 is 9.47 Å². The quantitative estimate of drug-likeness (QED) is 0.502. The number of amidine groups is 1. The van der Waals surface area contributed by atoms with Crippen LogP contribution in [-0.4, -0.2) is 53.9 Å². The van der Waals surface area contributed by atoms with E-state index in [0.29, 0.717) is 41.1 Å². The molecule has 0 unspecified atom stereocenters. The number of methoxy groups -OCH3 is 1. The Morgan fingerprint density at radius 2 is 2.14 bits per heavy atom. The SMILES string of the molecule is C=CCc1cc(/C=C2\SC(=NCC)N(CC)C2=O)cc(OC)c1OCC(=O)O. The van der Waals surface area contributed by atoms with E-state index < -0.39 is 12.6 Å². The van der Waals surface area contributed by atoms with Crippen LogP contribution in [-0.2, 0) is 16.0 Å². The van der Waals surface area contributed by atoms with E-state index in [2.05, 4.69) is 11.6 Å². The third kappa shape index (κ3) is 4.95. The summed E-state index contributed by atoms with van der Waals surface area (Å²) in [6, 6.07) is 3.56. The Morgan fingerprint density at radius 1 is 1.39 bits per heavy atom. The molecular formula is C20H24N2O5S. The molecule has 1 aliphatic rings. The minimum absolute atomic E-state index is 0.0878. The molecule has 0 aliphatic carbocycles. The molecule has 0 aromatic heterocycles. The van der Waals surface area contributed by atoms with E-state index >= 15 is 0 Å². The zero-order valence-corrected chi connectivity index (χ0v) is 17.0. The van der Waals surface area contributed by atoms with E-state index in [9.17, 15) is 9.59 Å². The summed E-state index contributed by atoms with van der Waals surface area (Å²) in [6.45, 7) is 8.25. The van der Waals surface area contributed by atoms with Gasteiger partial charge < -0.3 is 14.6 Å².